The van der Waals surface area contributed by atoms with Gasteiger partial charge in [0.05, 0.1) is 0 Å². The molecule has 0 radical (unpaired) electrons. The molecular weight excluding hydrogens is 192 g/mol. The summed E-state index contributed by atoms with van der Waals surface area (Å²) in [6, 6.07) is 0.372. The first-order chi connectivity index (χ1) is 7.06. The Morgan fingerprint density at radius 2 is 2.07 bits per heavy atom. The Morgan fingerprint density at radius 3 is 2.60 bits per heavy atom. The van der Waals surface area contributed by atoms with Gasteiger partial charge < -0.3 is 15.8 Å². The predicted octanol–water partition coefficient (Wildman–Crippen LogP) is 1.05. The number of nitrogens with one attached hydrogen (secondary N) is 1. The Morgan fingerprint density at radius 1 is 1.40 bits per heavy atom. The normalized spacial score (nSPS) is 14.7. The van der Waals surface area contributed by atoms with Crippen LogP contribution in [0.1, 0.15) is 39.5 Å². The number of ether oxygens (including phenoxy) is 1. The second-order valence-electron chi connectivity index (χ2n) is 4.12. The summed E-state index contributed by atoms with van der Waals surface area (Å²) in [6.45, 7) is 4.63. The molecule has 0 saturated heterocycles. The van der Waals surface area contributed by atoms with E-state index in [1.54, 1.807) is 7.11 Å². The van der Waals surface area contributed by atoms with Gasteiger partial charge in [0.15, 0.2) is 0 Å². The molecule has 2 atom stereocenters. The Labute approximate surface area is 92.6 Å². The van der Waals surface area contributed by atoms with Gasteiger partial charge in [-0.05, 0) is 33.1 Å². The number of carbonyl (C=O) groups excluding carboxylic acids is 1. The summed E-state index contributed by atoms with van der Waals surface area (Å²) in [5.74, 6) is 0.110. The van der Waals surface area contributed by atoms with E-state index in [9.17, 15) is 4.79 Å². The molecule has 90 valence electrons. The van der Waals surface area contributed by atoms with E-state index in [4.69, 9.17) is 10.5 Å². The first-order valence-corrected chi connectivity index (χ1v) is 5.60. The number of carbonyl (C=O) groups is 1. The van der Waals surface area contributed by atoms with Crippen LogP contribution in [0.4, 0.5) is 0 Å². The molecule has 0 aliphatic carbocycles. The lowest BCUT2D eigenvalue weighted by atomic mass is 10.1. The molecule has 3 N–H and O–H groups in total. The fourth-order valence-electron chi connectivity index (χ4n) is 1.30. The monoisotopic (exact) mass is 216 g/mol. The van der Waals surface area contributed by atoms with Crippen LogP contribution in [0.25, 0.3) is 0 Å². The summed E-state index contributed by atoms with van der Waals surface area (Å²) in [5.41, 5.74) is 5.60. The highest BCUT2D eigenvalue weighted by molar-refractivity contribution is 5.76. The van der Waals surface area contributed by atoms with Gasteiger partial charge in [0.2, 0.25) is 5.91 Å². The average molecular weight is 216 g/mol. The molecule has 4 heteroatoms. The maximum absolute atomic E-state index is 11.4. The molecule has 0 aliphatic heterocycles. The molecule has 0 saturated carbocycles. The van der Waals surface area contributed by atoms with Crippen LogP contribution in [0, 0.1) is 0 Å². The maximum Gasteiger partial charge on any atom is 0.220 e. The van der Waals surface area contributed by atoms with E-state index in [0.717, 1.165) is 19.3 Å². The van der Waals surface area contributed by atoms with E-state index in [-0.39, 0.29) is 18.0 Å². The molecule has 0 spiro atoms. The van der Waals surface area contributed by atoms with Gasteiger partial charge >= 0.3 is 0 Å². The molecule has 0 heterocycles. The molecule has 0 aromatic heterocycles. The van der Waals surface area contributed by atoms with Crippen LogP contribution in [-0.4, -0.2) is 31.7 Å². The van der Waals surface area contributed by atoms with Gasteiger partial charge in [0.25, 0.3) is 0 Å². The van der Waals surface area contributed by atoms with Gasteiger partial charge in [-0.3, -0.25) is 4.79 Å². The minimum absolute atomic E-state index is 0.110. The molecule has 0 aromatic rings. The van der Waals surface area contributed by atoms with E-state index >= 15 is 0 Å². The van der Waals surface area contributed by atoms with Crippen molar-refractivity contribution < 1.29 is 9.53 Å². The first kappa shape index (κ1) is 14.4. The van der Waals surface area contributed by atoms with Crippen molar-refractivity contribution in [3.05, 3.63) is 0 Å². The molecule has 15 heavy (non-hydrogen) atoms. The Balaban J connectivity index is 3.46. The number of amides is 1. The summed E-state index contributed by atoms with van der Waals surface area (Å²) in [7, 11) is 1.66. The summed E-state index contributed by atoms with van der Waals surface area (Å²) in [6.07, 6.45) is 3.19. The highest BCUT2D eigenvalue weighted by atomic mass is 16.5. The lowest BCUT2D eigenvalue weighted by Crippen LogP contribution is -2.33. The minimum atomic E-state index is 0.110. The lowest BCUT2D eigenvalue weighted by molar-refractivity contribution is -0.121. The SMILES string of the molecule is COCCC(C)NC(=O)CCCC(C)N. The minimum Gasteiger partial charge on any atom is -0.385 e. The molecule has 0 rings (SSSR count). The molecule has 0 fully saturated rings. The zero-order chi connectivity index (χ0) is 11.7. The van der Waals surface area contributed by atoms with Crippen LogP contribution in [0.3, 0.4) is 0 Å². The predicted molar refractivity (Wildman–Crippen MR) is 61.6 cm³/mol. The number of hydrogen-bond donors (Lipinski definition) is 2. The summed E-state index contributed by atoms with van der Waals surface area (Å²) >= 11 is 0. The first-order valence-electron chi connectivity index (χ1n) is 5.60. The maximum atomic E-state index is 11.4. The number of nitrogens with two attached hydrogens (primary N) is 1. The number of methoxy groups -OCH3 is 1. The standard InChI is InChI=1S/C11H24N2O2/c1-9(12)5-4-6-11(14)13-10(2)7-8-15-3/h9-10H,4-8,12H2,1-3H3,(H,13,14). The van der Waals surface area contributed by atoms with Crippen molar-refractivity contribution in [1.29, 1.82) is 0 Å². The van der Waals surface area contributed by atoms with Crippen LogP contribution >= 0.6 is 0 Å². The summed E-state index contributed by atoms with van der Waals surface area (Å²) in [5, 5.41) is 2.93. The van der Waals surface area contributed by atoms with Crippen molar-refractivity contribution in [1.82, 2.24) is 5.32 Å². The Hall–Kier alpha value is -0.610. The van der Waals surface area contributed by atoms with Crippen LogP contribution in [0.15, 0.2) is 0 Å². The molecule has 0 aromatic carbocycles. The zero-order valence-electron chi connectivity index (χ0n) is 10.1. The largest absolute Gasteiger partial charge is 0.385 e. The van der Waals surface area contributed by atoms with Gasteiger partial charge in [0, 0.05) is 32.2 Å². The average Bonchev–Trinajstić information content (AvgIpc) is 2.14. The Kier molecular flexibility index (Phi) is 8.33. The third-order valence-corrected chi connectivity index (χ3v) is 2.23. The lowest BCUT2D eigenvalue weighted by Gasteiger charge is -2.13. The van der Waals surface area contributed by atoms with Crippen molar-refractivity contribution in [3.8, 4) is 0 Å². The highest BCUT2D eigenvalue weighted by Gasteiger charge is 2.06. The van der Waals surface area contributed by atoms with Gasteiger partial charge in [-0.1, -0.05) is 0 Å². The summed E-state index contributed by atoms with van der Waals surface area (Å²) in [4.78, 5) is 11.4. The van der Waals surface area contributed by atoms with Crippen LogP contribution < -0.4 is 11.1 Å². The quantitative estimate of drug-likeness (QED) is 0.637. The van der Waals surface area contributed by atoms with E-state index in [2.05, 4.69) is 5.32 Å². The van der Waals surface area contributed by atoms with E-state index in [1.807, 2.05) is 13.8 Å². The van der Waals surface area contributed by atoms with Crippen molar-refractivity contribution in [2.45, 2.75) is 51.6 Å². The second-order valence-corrected chi connectivity index (χ2v) is 4.12. The van der Waals surface area contributed by atoms with E-state index in [1.165, 1.54) is 0 Å². The van der Waals surface area contributed by atoms with Crippen LogP contribution in [-0.2, 0) is 9.53 Å². The van der Waals surface area contributed by atoms with Crippen molar-refractivity contribution in [3.63, 3.8) is 0 Å². The molecule has 2 unspecified atom stereocenters. The molecule has 4 nitrogen and oxygen atoms in total. The fourth-order valence-corrected chi connectivity index (χ4v) is 1.30. The smallest absolute Gasteiger partial charge is 0.220 e. The van der Waals surface area contributed by atoms with Gasteiger partial charge in [-0.25, -0.2) is 0 Å². The number of rotatable bonds is 8. The van der Waals surface area contributed by atoms with Crippen molar-refractivity contribution >= 4 is 5.91 Å². The molecule has 0 bridgehead atoms. The van der Waals surface area contributed by atoms with Crippen molar-refractivity contribution in [2.75, 3.05) is 13.7 Å². The van der Waals surface area contributed by atoms with E-state index in [0.29, 0.717) is 13.0 Å². The zero-order valence-corrected chi connectivity index (χ0v) is 10.1. The third-order valence-electron chi connectivity index (χ3n) is 2.23. The molecule has 0 aliphatic rings. The van der Waals surface area contributed by atoms with Gasteiger partial charge in [-0.15, -0.1) is 0 Å². The highest BCUT2D eigenvalue weighted by Crippen LogP contribution is 1.99. The number of hydrogen-bond acceptors (Lipinski definition) is 3. The van der Waals surface area contributed by atoms with Crippen LogP contribution in [0.5, 0.6) is 0 Å². The molecular formula is C11H24N2O2. The topological polar surface area (TPSA) is 64.3 Å². The van der Waals surface area contributed by atoms with Crippen LogP contribution in [0.2, 0.25) is 0 Å². The third kappa shape index (κ3) is 9.69. The van der Waals surface area contributed by atoms with Gasteiger partial charge in [-0.2, -0.15) is 0 Å². The second kappa shape index (κ2) is 8.68. The summed E-state index contributed by atoms with van der Waals surface area (Å²) < 4.78 is 4.94. The Bertz CT molecular complexity index is 172. The molecule has 1 amide bonds. The van der Waals surface area contributed by atoms with Gasteiger partial charge in [0.1, 0.15) is 0 Å². The van der Waals surface area contributed by atoms with E-state index < -0.39 is 0 Å². The van der Waals surface area contributed by atoms with Crippen molar-refractivity contribution in [2.24, 2.45) is 5.73 Å². The fraction of sp³-hybridized carbons (Fsp3) is 0.909.